The number of hydrogen-bond acceptors (Lipinski definition) is 2. The van der Waals surface area contributed by atoms with Gasteiger partial charge in [0.15, 0.2) is 0 Å². The summed E-state index contributed by atoms with van der Waals surface area (Å²) in [5, 5.41) is 8.80. The van der Waals surface area contributed by atoms with Crippen molar-refractivity contribution in [2.24, 2.45) is 0 Å². The van der Waals surface area contributed by atoms with Crippen molar-refractivity contribution < 1.29 is 0 Å². The molecule has 0 saturated heterocycles. The van der Waals surface area contributed by atoms with Gasteiger partial charge >= 0.3 is 0 Å². The SMILES string of the molecule is Cc1ccsc1-c1cn[nH]c1. The quantitative estimate of drug-likeness (QED) is 0.689. The van der Waals surface area contributed by atoms with Crippen LogP contribution in [0.15, 0.2) is 23.8 Å². The highest BCUT2D eigenvalue weighted by molar-refractivity contribution is 7.13. The van der Waals surface area contributed by atoms with E-state index in [0.29, 0.717) is 0 Å². The van der Waals surface area contributed by atoms with Crippen LogP contribution < -0.4 is 0 Å². The monoisotopic (exact) mass is 164 g/mol. The molecule has 0 aliphatic rings. The Kier molecular flexibility index (Phi) is 1.51. The van der Waals surface area contributed by atoms with Gasteiger partial charge in [-0.05, 0) is 23.9 Å². The highest BCUT2D eigenvalue weighted by Gasteiger charge is 2.02. The molecule has 2 rings (SSSR count). The van der Waals surface area contributed by atoms with Crippen LogP contribution in [0.25, 0.3) is 10.4 Å². The van der Waals surface area contributed by atoms with Gasteiger partial charge in [-0.15, -0.1) is 11.3 Å². The van der Waals surface area contributed by atoms with Crippen LogP contribution in [0.5, 0.6) is 0 Å². The second kappa shape index (κ2) is 2.51. The van der Waals surface area contributed by atoms with Gasteiger partial charge in [0.1, 0.15) is 0 Å². The molecule has 0 aromatic carbocycles. The molecule has 1 N–H and O–H groups in total. The maximum atomic E-state index is 3.90. The van der Waals surface area contributed by atoms with E-state index in [1.807, 2.05) is 12.4 Å². The molecule has 0 amide bonds. The lowest BCUT2D eigenvalue weighted by molar-refractivity contribution is 1.09. The fourth-order valence-corrected chi connectivity index (χ4v) is 1.95. The Morgan fingerprint density at radius 2 is 2.45 bits per heavy atom. The maximum Gasteiger partial charge on any atom is 0.0574 e. The normalized spacial score (nSPS) is 10.3. The van der Waals surface area contributed by atoms with E-state index in [2.05, 4.69) is 28.6 Å². The van der Waals surface area contributed by atoms with Crippen molar-refractivity contribution in [2.45, 2.75) is 6.92 Å². The molecular formula is C8H8N2S. The minimum atomic E-state index is 1.18. The zero-order valence-electron chi connectivity index (χ0n) is 6.16. The van der Waals surface area contributed by atoms with Gasteiger partial charge in [0.2, 0.25) is 0 Å². The number of thiophene rings is 1. The molecule has 0 atom stereocenters. The largest absolute Gasteiger partial charge is 0.285 e. The van der Waals surface area contributed by atoms with Gasteiger partial charge in [0.25, 0.3) is 0 Å². The van der Waals surface area contributed by atoms with Crippen molar-refractivity contribution in [3.05, 3.63) is 29.4 Å². The predicted octanol–water partition coefficient (Wildman–Crippen LogP) is 2.45. The summed E-state index contributed by atoms with van der Waals surface area (Å²) in [6.45, 7) is 2.11. The minimum Gasteiger partial charge on any atom is -0.285 e. The molecule has 0 aliphatic heterocycles. The molecule has 2 heterocycles. The van der Waals surface area contributed by atoms with Crippen LogP contribution in [0, 0.1) is 6.92 Å². The molecule has 0 spiro atoms. The minimum absolute atomic E-state index is 1.18. The molecule has 0 aliphatic carbocycles. The topological polar surface area (TPSA) is 28.7 Å². The van der Waals surface area contributed by atoms with Crippen LogP contribution in [0.3, 0.4) is 0 Å². The van der Waals surface area contributed by atoms with Crippen molar-refractivity contribution in [1.29, 1.82) is 0 Å². The molecule has 11 heavy (non-hydrogen) atoms. The number of nitrogens with one attached hydrogen (secondary N) is 1. The molecule has 0 radical (unpaired) electrons. The molecule has 56 valence electrons. The fourth-order valence-electron chi connectivity index (χ4n) is 1.04. The van der Waals surface area contributed by atoms with Crippen molar-refractivity contribution in [2.75, 3.05) is 0 Å². The lowest BCUT2D eigenvalue weighted by Crippen LogP contribution is -1.68. The third-order valence-corrected chi connectivity index (χ3v) is 2.69. The third kappa shape index (κ3) is 1.07. The van der Waals surface area contributed by atoms with E-state index in [1.165, 1.54) is 16.0 Å². The van der Waals surface area contributed by atoms with Crippen LogP contribution in [0.4, 0.5) is 0 Å². The molecule has 2 aromatic rings. The number of nitrogens with zero attached hydrogens (tertiary/aromatic N) is 1. The summed E-state index contributed by atoms with van der Waals surface area (Å²) in [6, 6.07) is 2.12. The highest BCUT2D eigenvalue weighted by Crippen LogP contribution is 2.27. The Hall–Kier alpha value is -1.09. The Bertz CT molecular complexity index is 335. The summed E-state index contributed by atoms with van der Waals surface area (Å²) < 4.78 is 0. The molecular weight excluding hydrogens is 156 g/mol. The van der Waals surface area contributed by atoms with Crippen molar-refractivity contribution in [1.82, 2.24) is 10.2 Å². The molecule has 0 unspecified atom stereocenters. The van der Waals surface area contributed by atoms with Crippen LogP contribution in [-0.4, -0.2) is 10.2 Å². The van der Waals surface area contributed by atoms with E-state index in [-0.39, 0.29) is 0 Å². The number of H-pyrrole nitrogens is 1. The van der Waals surface area contributed by atoms with Gasteiger partial charge in [-0.3, -0.25) is 5.10 Å². The summed E-state index contributed by atoms with van der Waals surface area (Å²) in [7, 11) is 0. The highest BCUT2D eigenvalue weighted by atomic mass is 32.1. The van der Waals surface area contributed by atoms with E-state index in [9.17, 15) is 0 Å². The summed E-state index contributed by atoms with van der Waals surface area (Å²) in [5.41, 5.74) is 2.49. The lowest BCUT2D eigenvalue weighted by atomic mass is 10.2. The zero-order chi connectivity index (χ0) is 7.68. The van der Waals surface area contributed by atoms with E-state index in [4.69, 9.17) is 0 Å². The van der Waals surface area contributed by atoms with Gasteiger partial charge < -0.3 is 0 Å². The van der Waals surface area contributed by atoms with Gasteiger partial charge in [-0.25, -0.2) is 0 Å². The number of hydrogen-bond donors (Lipinski definition) is 1. The molecule has 0 fully saturated rings. The van der Waals surface area contributed by atoms with Gasteiger partial charge in [0, 0.05) is 16.6 Å². The molecule has 0 saturated carbocycles. The first-order valence-electron chi connectivity index (χ1n) is 3.41. The van der Waals surface area contributed by atoms with E-state index in [0.717, 1.165) is 0 Å². The van der Waals surface area contributed by atoms with E-state index in [1.54, 1.807) is 11.3 Å². The van der Waals surface area contributed by atoms with Crippen molar-refractivity contribution >= 4 is 11.3 Å². The number of aryl methyl sites for hydroxylation is 1. The number of aromatic nitrogens is 2. The molecule has 2 aromatic heterocycles. The molecule has 0 bridgehead atoms. The second-order valence-corrected chi connectivity index (χ2v) is 3.34. The average molecular weight is 164 g/mol. The standard InChI is InChI=1S/C8H8N2S/c1-6-2-3-11-8(6)7-4-9-10-5-7/h2-5H,1H3,(H,9,10). The van der Waals surface area contributed by atoms with Crippen LogP contribution >= 0.6 is 11.3 Å². The summed E-state index contributed by atoms with van der Waals surface area (Å²) >= 11 is 1.75. The average Bonchev–Trinajstić information content (AvgIpc) is 2.55. The third-order valence-electron chi connectivity index (χ3n) is 1.62. The smallest absolute Gasteiger partial charge is 0.0574 e. The van der Waals surface area contributed by atoms with Gasteiger partial charge in [-0.1, -0.05) is 0 Å². The second-order valence-electron chi connectivity index (χ2n) is 2.42. The Morgan fingerprint density at radius 1 is 1.55 bits per heavy atom. The lowest BCUT2D eigenvalue weighted by Gasteiger charge is -1.90. The van der Waals surface area contributed by atoms with E-state index >= 15 is 0 Å². The first-order valence-corrected chi connectivity index (χ1v) is 4.29. The first-order chi connectivity index (χ1) is 5.38. The zero-order valence-corrected chi connectivity index (χ0v) is 6.98. The van der Waals surface area contributed by atoms with Gasteiger partial charge in [0.05, 0.1) is 6.20 Å². The Labute approximate surface area is 68.9 Å². The molecule has 3 heteroatoms. The van der Waals surface area contributed by atoms with Crippen LogP contribution in [0.2, 0.25) is 0 Å². The van der Waals surface area contributed by atoms with Crippen LogP contribution in [0.1, 0.15) is 5.56 Å². The first kappa shape index (κ1) is 6.61. The van der Waals surface area contributed by atoms with Gasteiger partial charge in [-0.2, -0.15) is 5.10 Å². The van der Waals surface area contributed by atoms with Crippen LogP contribution in [-0.2, 0) is 0 Å². The fraction of sp³-hybridized carbons (Fsp3) is 0.125. The molecule has 2 nitrogen and oxygen atoms in total. The Morgan fingerprint density at radius 3 is 3.00 bits per heavy atom. The maximum absolute atomic E-state index is 3.90. The predicted molar refractivity (Wildman–Crippen MR) is 46.6 cm³/mol. The number of rotatable bonds is 1. The van der Waals surface area contributed by atoms with Crippen molar-refractivity contribution in [3.8, 4) is 10.4 Å². The Balaban J connectivity index is 2.53. The van der Waals surface area contributed by atoms with E-state index < -0.39 is 0 Å². The number of aromatic amines is 1. The summed E-state index contributed by atoms with van der Waals surface area (Å²) in [6.07, 6.45) is 3.76. The summed E-state index contributed by atoms with van der Waals surface area (Å²) in [4.78, 5) is 1.30. The summed E-state index contributed by atoms with van der Waals surface area (Å²) in [5.74, 6) is 0. The van der Waals surface area contributed by atoms with Crippen molar-refractivity contribution in [3.63, 3.8) is 0 Å².